The molecule has 11 heteroatoms. The van der Waals surface area contributed by atoms with Crippen LogP contribution < -0.4 is 20.8 Å². The van der Waals surface area contributed by atoms with Gasteiger partial charge in [-0.2, -0.15) is 10.2 Å². The lowest BCUT2D eigenvalue weighted by Crippen LogP contribution is -2.33. The largest absolute Gasteiger partial charge is 0.489 e. The van der Waals surface area contributed by atoms with Gasteiger partial charge in [-0.05, 0) is 78.4 Å². The van der Waals surface area contributed by atoms with Crippen molar-refractivity contribution in [2.24, 2.45) is 5.10 Å². The maximum absolute atomic E-state index is 12.9. The number of hydrogen-bond acceptors (Lipinski definition) is 6. The first kappa shape index (κ1) is 32.4. The molecule has 0 bridgehead atoms. The molecule has 0 aliphatic heterocycles. The smallest absolute Gasteiger partial charge is 0.329 e. The Labute approximate surface area is 287 Å². The Morgan fingerprint density at radius 1 is 0.755 bits per heavy atom. The average molecular weight is 669 g/mol. The molecule has 49 heavy (non-hydrogen) atoms. The van der Waals surface area contributed by atoms with Crippen LogP contribution in [0.1, 0.15) is 21.5 Å². The zero-order valence-electron chi connectivity index (χ0n) is 25.9. The first-order chi connectivity index (χ1) is 23.9. The van der Waals surface area contributed by atoms with E-state index in [0.29, 0.717) is 34.3 Å². The number of anilines is 2. The number of amides is 3. The van der Waals surface area contributed by atoms with E-state index in [1.807, 2.05) is 84.9 Å². The van der Waals surface area contributed by atoms with Crippen LogP contribution in [0.3, 0.4) is 0 Å². The minimum atomic E-state index is -1.03. The van der Waals surface area contributed by atoms with Crippen molar-refractivity contribution in [3.8, 4) is 22.7 Å². The maximum atomic E-state index is 12.9. The maximum Gasteiger partial charge on any atom is 0.329 e. The highest BCUT2D eigenvalue weighted by Crippen LogP contribution is 2.26. The van der Waals surface area contributed by atoms with E-state index >= 15 is 0 Å². The van der Waals surface area contributed by atoms with Crippen LogP contribution in [0.15, 0.2) is 145 Å². The molecule has 6 rings (SSSR count). The Bertz CT molecular complexity index is 2100. The summed E-state index contributed by atoms with van der Waals surface area (Å²) in [6.45, 7) is 0.441. The number of carbonyl (C=O) groups excluding carboxylic acids is 3. The fraction of sp³-hybridized carbons (Fsp3) is 0.0263. The Hall–Kier alpha value is -6.52. The van der Waals surface area contributed by atoms with Crippen molar-refractivity contribution in [1.29, 1.82) is 0 Å². The molecule has 5 aromatic carbocycles. The van der Waals surface area contributed by atoms with E-state index in [-0.39, 0.29) is 11.3 Å². The lowest BCUT2D eigenvalue weighted by Gasteiger charge is -2.11. The number of hydrazone groups is 1. The van der Waals surface area contributed by atoms with Gasteiger partial charge in [-0.3, -0.25) is 14.4 Å². The number of ether oxygens (including phenoxy) is 1. The summed E-state index contributed by atoms with van der Waals surface area (Å²) in [7, 11) is 0. The summed E-state index contributed by atoms with van der Waals surface area (Å²) in [5.74, 6) is -1.81. The van der Waals surface area contributed by atoms with Crippen LogP contribution in [0.2, 0.25) is 5.02 Å². The normalized spacial score (nSPS) is 10.8. The molecule has 0 fully saturated rings. The molecule has 6 aromatic rings. The van der Waals surface area contributed by atoms with Crippen molar-refractivity contribution in [3.05, 3.63) is 161 Å². The molecule has 242 valence electrons. The van der Waals surface area contributed by atoms with Gasteiger partial charge in [0, 0.05) is 28.0 Å². The molecule has 0 aliphatic carbocycles. The van der Waals surface area contributed by atoms with Gasteiger partial charge in [0.15, 0.2) is 0 Å². The number of nitrogens with one attached hydrogen (secondary N) is 3. The second-order valence-corrected chi connectivity index (χ2v) is 11.1. The molecular formula is C38H29ClN6O4. The van der Waals surface area contributed by atoms with E-state index in [2.05, 4.69) is 21.2 Å². The zero-order chi connectivity index (χ0) is 34.0. The topological polar surface area (TPSA) is 127 Å². The summed E-state index contributed by atoms with van der Waals surface area (Å²) in [6.07, 6.45) is 3.19. The van der Waals surface area contributed by atoms with Crippen molar-refractivity contribution < 1.29 is 19.1 Å². The first-order valence-electron chi connectivity index (χ1n) is 15.2. The molecule has 3 amide bonds. The third-order valence-electron chi connectivity index (χ3n) is 7.24. The van der Waals surface area contributed by atoms with Crippen LogP contribution in [-0.4, -0.2) is 33.7 Å². The number of benzene rings is 5. The Balaban J connectivity index is 1.14. The molecule has 0 radical (unpaired) electrons. The van der Waals surface area contributed by atoms with Crippen molar-refractivity contribution >= 4 is 46.9 Å². The van der Waals surface area contributed by atoms with E-state index in [4.69, 9.17) is 21.4 Å². The molecule has 1 heterocycles. The van der Waals surface area contributed by atoms with E-state index in [9.17, 15) is 14.4 Å². The Morgan fingerprint density at radius 3 is 2.16 bits per heavy atom. The Kier molecular flexibility index (Phi) is 10.2. The van der Waals surface area contributed by atoms with Gasteiger partial charge in [-0.15, -0.1) is 0 Å². The second-order valence-electron chi connectivity index (χ2n) is 10.7. The number of halogens is 1. The number of para-hydroxylation sites is 2. The van der Waals surface area contributed by atoms with Gasteiger partial charge >= 0.3 is 11.8 Å². The summed E-state index contributed by atoms with van der Waals surface area (Å²) in [6, 6.07) is 39.9. The molecule has 1 aromatic heterocycles. The zero-order valence-corrected chi connectivity index (χ0v) is 26.7. The van der Waals surface area contributed by atoms with Gasteiger partial charge in [-0.1, -0.05) is 72.3 Å². The highest BCUT2D eigenvalue weighted by Gasteiger charge is 2.18. The highest BCUT2D eigenvalue weighted by atomic mass is 35.5. The third kappa shape index (κ3) is 8.45. The number of hydrogen-bond donors (Lipinski definition) is 3. The van der Waals surface area contributed by atoms with E-state index in [1.165, 1.54) is 18.3 Å². The predicted octanol–water partition coefficient (Wildman–Crippen LogP) is 7.11. The van der Waals surface area contributed by atoms with Gasteiger partial charge in [0.2, 0.25) is 0 Å². The SMILES string of the molecule is O=C(N/N=C/c1cn(-c2ccccc2)nc1-c1ccc(OCc2ccccc2)cc1)C(=O)Nc1ccccc1C(=O)Nc1ccc(Cl)cc1. The van der Waals surface area contributed by atoms with Gasteiger partial charge in [0.1, 0.15) is 18.1 Å². The quantitative estimate of drug-likeness (QED) is 0.0815. The molecule has 0 spiro atoms. The monoisotopic (exact) mass is 668 g/mol. The summed E-state index contributed by atoms with van der Waals surface area (Å²) >= 11 is 5.93. The number of nitrogens with zero attached hydrogens (tertiary/aromatic N) is 3. The molecule has 0 saturated carbocycles. The Morgan fingerprint density at radius 2 is 1.43 bits per heavy atom. The van der Waals surface area contributed by atoms with Gasteiger partial charge in [0.25, 0.3) is 5.91 Å². The summed E-state index contributed by atoms with van der Waals surface area (Å²) in [5.41, 5.74) is 6.97. The number of aromatic nitrogens is 2. The molecule has 0 unspecified atom stereocenters. The third-order valence-corrected chi connectivity index (χ3v) is 7.49. The van der Waals surface area contributed by atoms with Crippen LogP contribution in [0.5, 0.6) is 5.75 Å². The van der Waals surface area contributed by atoms with Crippen molar-refractivity contribution in [2.75, 3.05) is 10.6 Å². The van der Waals surface area contributed by atoms with Gasteiger partial charge in [0.05, 0.1) is 23.2 Å². The van der Waals surface area contributed by atoms with E-state index in [0.717, 1.165) is 16.8 Å². The predicted molar refractivity (Wildman–Crippen MR) is 190 cm³/mol. The summed E-state index contributed by atoms with van der Waals surface area (Å²) in [5, 5.41) is 14.6. The standard InChI is InChI=1S/C38H29ClN6O4/c39-29-17-19-30(20-18-29)41-36(46)33-13-7-8-14-34(33)42-37(47)38(48)43-40-23-28-24-45(31-11-5-2-6-12-31)44-35(28)27-15-21-32(22-16-27)49-25-26-9-3-1-4-10-26/h1-24H,25H2,(H,41,46)(H,42,47)(H,43,48)/b40-23+. The van der Waals surface area contributed by atoms with Gasteiger partial charge in [-0.25, -0.2) is 10.1 Å². The fourth-order valence-corrected chi connectivity index (χ4v) is 4.91. The van der Waals surface area contributed by atoms with Crippen molar-refractivity contribution in [3.63, 3.8) is 0 Å². The van der Waals surface area contributed by atoms with Crippen molar-refractivity contribution in [2.45, 2.75) is 6.61 Å². The molecule has 0 atom stereocenters. The van der Waals surface area contributed by atoms with Crippen LogP contribution in [0.4, 0.5) is 11.4 Å². The van der Waals surface area contributed by atoms with Crippen LogP contribution in [0.25, 0.3) is 16.9 Å². The molecule has 0 aliphatic rings. The summed E-state index contributed by atoms with van der Waals surface area (Å²) < 4.78 is 7.64. The molecule has 0 saturated heterocycles. The lowest BCUT2D eigenvalue weighted by molar-refractivity contribution is -0.136. The van der Waals surface area contributed by atoms with Crippen LogP contribution in [-0.2, 0) is 16.2 Å². The molecule has 10 nitrogen and oxygen atoms in total. The number of rotatable bonds is 10. The van der Waals surface area contributed by atoms with E-state index < -0.39 is 17.7 Å². The average Bonchev–Trinajstić information content (AvgIpc) is 3.57. The highest BCUT2D eigenvalue weighted by molar-refractivity contribution is 6.40. The summed E-state index contributed by atoms with van der Waals surface area (Å²) in [4.78, 5) is 38.5. The second kappa shape index (κ2) is 15.4. The molecular weight excluding hydrogens is 640 g/mol. The molecule has 3 N–H and O–H groups in total. The van der Waals surface area contributed by atoms with Crippen LogP contribution >= 0.6 is 11.6 Å². The number of carbonyl (C=O) groups is 3. The van der Waals surface area contributed by atoms with Gasteiger partial charge < -0.3 is 15.4 Å². The first-order valence-corrected chi connectivity index (χ1v) is 15.5. The minimum Gasteiger partial charge on any atom is -0.489 e. The van der Waals surface area contributed by atoms with Crippen molar-refractivity contribution in [1.82, 2.24) is 15.2 Å². The lowest BCUT2D eigenvalue weighted by atomic mass is 10.1. The van der Waals surface area contributed by atoms with E-state index in [1.54, 1.807) is 47.3 Å². The van der Waals surface area contributed by atoms with Crippen LogP contribution in [0, 0.1) is 0 Å². The fourth-order valence-electron chi connectivity index (χ4n) is 4.78. The minimum absolute atomic E-state index is 0.153.